The van der Waals surface area contributed by atoms with E-state index in [1.165, 1.54) is 0 Å². The van der Waals surface area contributed by atoms with E-state index in [-0.39, 0.29) is 31.5 Å². The number of imide groups is 1. The van der Waals surface area contributed by atoms with Crippen molar-refractivity contribution in [3.63, 3.8) is 0 Å². The van der Waals surface area contributed by atoms with Gasteiger partial charge in [0.15, 0.2) is 0 Å². The predicted octanol–water partition coefficient (Wildman–Crippen LogP) is 6.77. The fourth-order valence-electron chi connectivity index (χ4n) is 6.50. The van der Waals surface area contributed by atoms with Crippen LogP contribution in [-0.2, 0) is 14.3 Å². The van der Waals surface area contributed by atoms with E-state index in [0.29, 0.717) is 24.3 Å². The lowest BCUT2D eigenvalue weighted by Crippen LogP contribution is -2.49. The molecule has 224 valence electrons. The van der Waals surface area contributed by atoms with Gasteiger partial charge in [-0.05, 0) is 70.3 Å². The number of fused-ring (bicyclic) bond motifs is 6. The van der Waals surface area contributed by atoms with Crippen LogP contribution in [-0.4, -0.2) is 54.0 Å². The predicted molar refractivity (Wildman–Crippen MR) is 166 cm³/mol. The first-order valence-corrected chi connectivity index (χ1v) is 14.9. The number of amides is 2. The van der Waals surface area contributed by atoms with Crippen molar-refractivity contribution in [3.8, 4) is 22.3 Å². The summed E-state index contributed by atoms with van der Waals surface area (Å²) in [6.45, 7) is 0.243. The van der Waals surface area contributed by atoms with Crippen LogP contribution in [0, 0.1) is 0 Å². The van der Waals surface area contributed by atoms with Crippen molar-refractivity contribution in [2.45, 2.75) is 37.1 Å². The van der Waals surface area contributed by atoms with Crippen molar-refractivity contribution in [2.75, 3.05) is 19.8 Å². The quantitative estimate of drug-likeness (QED) is 0.196. The molecule has 8 heteroatoms. The number of carbonyl (C=O) groups excluding carboxylic acids is 2. The van der Waals surface area contributed by atoms with Crippen molar-refractivity contribution in [1.29, 1.82) is 0 Å². The number of carbonyl (C=O) groups is 3. The number of hydrogen-bond donors (Lipinski definition) is 2. The molecule has 0 unspecified atom stereocenters. The number of carboxylic acid groups (broad SMARTS) is 1. The molecule has 0 saturated carbocycles. The van der Waals surface area contributed by atoms with E-state index in [9.17, 15) is 19.5 Å². The van der Waals surface area contributed by atoms with Crippen LogP contribution in [0.2, 0.25) is 0 Å². The van der Waals surface area contributed by atoms with Crippen LogP contribution in [0.1, 0.15) is 53.4 Å². The topological polar surface area (TPSA) is 119 Å². The van der Waals surface area contributed by atoms with Crippen LogP contribution in [0.4, 0.5) is 9.59 Å². The Morgan fingerprint density at radius 2 is 1.00 bits per heavy atom. The molecule has 4 aromatic rings. The average Bonchev–Trinajstić information content (AvgIpc) is 3.54. The van der Waals surface area contributed by atoms with E-state index in [1.54, 1.807) is 0 Å². The van der Waals surface area contributed by atoms with E-state index in [1.807, 2.05) is 97.1 Å². The summed E-state index contributed by atoms with van der Waals surface area (Å²) in [6, 6.07) is 30.2. The second-order valence-corrected chi connectivity index (χ2v) is 11.1. The Morgan fingerprint density at radius 1 is 0.636 bits per heavy atom. The number of nitrogens with zero attached hydrogens (tertiary/aromatic N) is 1. The largest absolute Gasteiger partial charge is 0.480 e. The molecule has 6 rings (SSSR count). The third kappa shape index (κ3) is 5.44. The summed E-state index contributed by atoms with van der Waals surface area (Å²) in [5, 5.41) is 10.1. The SMILES string of the molecule is NCCCC[C@@H](C(=O)O)N(C(=O)OCC1c2ccccc2-c2ccccc21)C(=O)OCC1c2ccccc2-c2ccccc21. The van der Waals surface area contributed by atoms with Gasteiger partial charge in [0.25, 0.3) is 0 Å². The second kappa shape index (κ2) is 12.7. The monoisotopic (exact) mass is 590 g/mol. The van der Waals surface area contributed by atoms with Crippen molar-refractivity contribution in [3.05, 3.63) is 119 Å². The highest BCUT2D eigenvalue weighted by Crippen LogP contribution is 2.46. The minimum Gasteiger partial charge on any atom is -0.480 e. The summed E-state index contributed by atoms with van der Waals surface area (Å²) in [6.07, 6.45) is -1.11. The molecular weight excluding hydrogens is 556 g/mol. The van der Waals surface area contributed by atoms with Crippen LogP contribution < -0.4 is 5.73 Å². The van der Waals surface area contributed by atoms with Gasteiger partial charge in [-0.15, -0.1) is 0 Å². The van der Waals surface area contributed by atoms with Crippen LogP contribution in [0.15, 0.2) is 97.1 Å². The molecule has 0 aliphatic heterocycles. The third-order valence-electron chi connectivity index (χ3n) is 8.59. The smallest absolute Gasteiger partial charge is 0.420 e. The number of ether oxygens (including phenoxy) is 2. The lowest BCUT2D eigenvalue weighted by Gasteiger charge is -2.27. The molecule has 8 nitrogen and oxygen atoms in total. The number of nitrogens with two attached hydrogens (primary N) is 1. The van der Waals surface area contributed by atoms with Gasteiger partial charge >= 0.3 is 18.2 Å². The Morgan fingerprint density at radius 3 is 1.34 bits per heavy atom. The summed E-state index contributed by atoms with van der Waals surface area (Å²) in [4.78, 5) is 40.4. The van der Waals surface area contributed by atoms with Crippen molar-refractivity contribution in [2.24, 2.45) is 5.73 Å². The Hall–Kier alpha value is -4.95. The first-order valence-electron chi connectivity index (χ1n) is 14.9. The zero-order valence-corrected chi connectivity index (χ0v) is 24.2. The second-order valence-electron chi connectivity index (χ2n) is 11.1. The van der Waals surface area contributed by atoms with Gasteiger partial charge < -0.3 is 20.3 Å². The Labute approximate surface area is 256 Å². The Balaban J connectivity index is 1.23. The zero-order valence-electron chi connectivity index (χ0n) is 24.2. The summed E-state index contributed by atoms with van der Waals surface area (Å²) >= 11 is 0. The maximum atomic E-state index is 13.7. The summed E-state index contributed by atoms with van der Waals surface area (Å²) in [7, 11) is 0. The van der Waals surface area contributed by atoms with Crippen molar-refractivity contribution in [1.82, 2.24) is 4.90 Å². The normalized spacial score (nSPS) is 13.8. The van der Waals surface area contributed by atoms with Gasteiger partial charge in [0, 0.05) is 11.8 Å². The minimum absolute atomic E-state index is 0.0287. The van der Waals surface area contributed by atoms with E-state index < -0.39 is 24.2 Å². The number of carboxylic acids is 1. The molecule has 0 spiro atoms. The molecule has 44 heavy (non-hydrogen) atoms. The third-order valence-corrected chi connectivity index (χ3v) is 8.59. The molecule has 2 amide bonds. The van der Waals surface area contributed by atoms with Crippen LogP contribution >= 0.6 is 0 Å². The highest BCUT2D eigenvalue weighted by Gasteiger charge is 2.39. The summed E-state index contributed by atoms with van der Waals surface area (Å²) in [5.74, 6) is -1.82. The lowest BCUT2D eigenvalue weighted by atomic mass is 9.98. The molecule has 4 aromatic carbocycles. The molecule has 0 fully saturated rings. The maximum Gasteiger partial charge on any atom is 0.420 e. The zero-order chi connectivity index (χ0) is 30.6. The molecule has 1 atom stereocenters. The van der Waals surface area contributed by atoms with Gasteiger partial charge in [-0.25, -0.2) is 14.4 Å². The summed E-state index contributed by atoms with van der Waals surface area (Å²) in [5.41, 5.74) is 13.9. The lowest BCUT2D eigenvalue weighted by molar-refractivity contribution is -0.142. The van der Waals surface area contributed by atoms with Crippen LogP contribution in [0.3, 0.4) is 0 Å². The minimum atomic E-state index is -1.46. The molecular formula is C36H34N2O6. The number of rotatable bonds is 10. The van der Waals surface area contributed by atoms with Gasteiger partial charge in [-0.2, -0.15) is 4.90 Å². The van der Waals surface area contributed by atoms with E-state index in [4.69, 9.17) is 15.2 Å². The highest BCUT2D eigenvalue weighted by molar-refractivity contribution is 5.93. The molecule has 0 bridgehead atoms. The molecule has 0 aromatic heterocycles. The number of unbranched alkanes of at least 4 members (excludes halogenated alkanes) is 1. The molecule has 0 saturated heterocycles. The van der Waals surface area contributed by atoms with E-state index in [0.717, 1.165) is 44.5 Å². The van der Waals surface area contributed by atoms with Crippen LogP contribution in [0.5, 0.6) is 0 Å². The van der Waals surface area contributed by atoms with E-state index in [2.05, 4.69) is 0 Å². The highest BCUT2D eigenvalue weighted by atomic mass is 16.6. The van der Waals surface area contributed by atoms with Crippen molar-refractivity contribution >= 4 is 18.2 Å². The standard InChI is InChI=1S/C36H34N2O6/c37-20-10-9-19-33(34(39)40)38(35(41)43-21-31-27-15-5-1-11-23(27)24-12-2-6-16-28(24)31)36(42)44-22-32-29-17-7-3-13-25(29)26-14-4-8-18-30(26)32/h1-8,11-18,31-33H,9-10,19-22,37H2,(H,39,40)/t33-/m0/s1. The fourth-order valence-corrected chi connectivity index (χ4v) is 6.50. The van der Waals surface area contributed by atoms with Gasteiger partial charge in [-0.3, -0.25) is 0 Å². The molecule has 3 N–H and O–H groups in total. The molecule has 0 heterocycles. The van der Waals surface area contributed by atoms with Gasteiger partial charge in [0.05, 0.1) is 0 Å². The maximum absolute atomic E-state index is 13.7. The van der Waals surface area contributed by atoms with Gasteiger partial charge in [0.1, 0.15) is 19.3 Å². The molecule has 2 aliphatic rings. The Kier molecular flexibility index (Phi) is 8.43. The van der Waals surface area contributed by atoms with Gasteiger partial charge in [-0.1, -0.05) is 97.1 Å². The fraction of sp³-hybridized carbons (Fsp3) is 0.250. The number of benzene rings is 4. The number of aliphatic carboxylic acids is 1. The summed E-state index contributed by atoms with van der Waals surface area (Å²) < 4.78 is 11.5. The first kappa shape index (κ1) is 29.1. The van der Waals surface area contributed by atoms with E-state index >= 15 is 0 Å². The molecule has 2 aliphatic carbocycles. The first-order chi connectivity index (χ1) is 21.5. The molecule has 0 radical (unpaired) electrons. The average molecular weight is 591 g/mol. The van der Waals surface area contributed by atoms with Crippen molar-refractivity contribution < 1.29 is 29.0 Å². The Bertz CT molecular complexity index is 1500. The van der Waals surface area contributed by atoms with Crippen LogP contribution in [0.25, 0.3) is 22.3 Å². The number of hydrogen-bond acceptors (Lipinski definition) is 6. The van der Waals surface area contributed by atoms with Gasteiger partial charge in [0.2, 0.25) is 0 Å².